The number of aliphatic hydroxyl groups is 2. The molecule has 10 N–H and O–H groups in total. The van der Waals surface area contributed by atoms with Crippen LogP contribution in [0.15, 0.2) is 42.8 Å². The summed E-state index contributed by atoms with van der Waals surface area (Å²) in [5, 5.41) is 26.5. The van der Waals surface area contributed by atoms with E-state index < -0.39 is 12.2 Å². The van der Waals surface area contributed by atoms with Crippen molar-refractivity contribution in [3.05, 3.63) is 133 Å². The number of H-pyrrole nitrogens is 1. The number of aromatic amines is 1. The molecule has 9 aliphatic heterocycles. The molecule has 0 radical (unpaired) electrons. The van der Waals surface area contributed by atoms with Crippen LogP contribution in [-0.4, -0.2) is 265 Å². The second-order valence-electron chi connectivity index (χ2n) is 28.9. The Morgan fingerprint density at radius 2 is 0.822 bits per heavy atom. The predicted octanol–water partition coefficient (Wildman–Crippen LogP) is 10.2. The molecular weight excluding hydrogens is 1660 g/mol. The molecule has 0 spiro atoms. The number of nitrogens with zero attached hydrogens (tertiary/aromatic N) is 16. The topological polar surface area (TPSA) is 391 Å². The van der Waals surface area contributed by atoms with Gasteiger partial charge in [0.25, 0.3) is 31.2 Å². The van der Waals surface area contributed by atoms with E-state index >= 15 is 0 Å². The van der Waals surface area contributed by atoms with Gasteiger partial charge in [0.05, 0.1) is 176 Å². The molecule has 16 heterocycles. The zero-order valence-corrected chi connectivity index (χ0v) is 75.5. The van der Waals surface area contributed by atoms with Crippen molar-refractivity contribution in [3.63, 3.8) is 0 Å². The Morgan fingerprint density at radius 3 is 1.26 bits per heavy atom. The fourth-order valence-corrected chi connectivity index (χ4v) is 22.5. The van der Waals surface area contributed by atoms with Crippen LogP contribution in [0.3, 0.4) is 0 Å². The molecule has 0 aliphatic carbocycles. The van der Waals surface area contributed by atoms with Gasteiger partial charge in [-0.3, -0.25) is 43.8 Å². The average molecular weight is 1770 g/mol. The first-order valence-corrected chi connectivity index (χ1v) is 44.5. The van der Waals surface area contributed by atoms with E-state index in [1.54, 1.807) is 105 Å². The van der Waals surface area contributed by atoms with Crippen LogP contribution in [0.25, 0.3) is 4.85 Å². The van der Waals surface area contributed by atoms with Crippen LogP contribution in [0.2, 0.25) is 0 Å². The number of amides is 4. The van der Waals surface area contributed by atoms with Crippen LogP contribution in [0.5, 0.6) is 31.2 Å². The predicted molar refractivity (Wildman–Crippen MR) is 458 cm³/mol. The highest BCUT2D eigenvalue weighted by Crippen LogP contribution is 2.50. The van der Waals surface area contributed by atoms with Gasteiger partial charge in [0.2, 0.25) is 0 Å². The number of β-amino-alcohol motifs (C(OH)–C–C–N with tert-alkyl or cyclic N) is 2. The Kier molecular flexibility index (Phi) is 33.5. The van der Waals surface area contributed by atoms with Crippen LogP contribution in [0.4, 0.5) is 9.59 Å². The highest BCUT2D eigenvalue weighted by atomic mass is 32.1. The average Bonchev–Trinajstić information content (AvgIpc) is 1.58. The number of carbonyl (C=O) groups excluding carboxylic acids is 2. The maximum Gasteiger partial charge on any atom is 0.345 e. The Balaban J connectivity index is 0.000000145. The smallest absolute Gasteiger partial charge is 0.345 e. The third-order valence-corrected chi connectivity index (χ3v) is 29.4. The maximum atomic E-state index is 12.4. The number of methoxy groups -OCH3 is 6. The first-order chi connectivity index (χ1) is 56.8. The number of thiazole rings is 7. The van der Waals surface area contributed by atoms with Crippen LogP contribution in [-0.2, 0) is 14.5 Å². The van der Waals surface area contributed by atoms with Crippen molar-refractivity contribution in [1.29, 1.82) is 0 Å². The summed E-state index contributed by atoms with van der Waals surface area (Å²) in [6.45, 7) is 36.5. The highest BCUT2D eigenvalue weighted by molar-refractivity contribution is 7.15. The number of aromatic nitrogens is 7. The van der Waals surface area contributed by atoms with Gasteiger partial charge >= 0.3 is 23.1 Å². The van der Waals surface area contributed by atoms with E-state index in [2.05, 4.69) is 121 Å². The molecule has 0 aromatic carbocycles. The number of hydroxylamine groups is 5. The number of hydrogen-bond donors (Lipinski definition) is 7. The molecule has 7 aromatic heterocycles. The summed E-state index contributed by atoms with van der Waals surface area (Å²) < 4.78 is 31.0. The van der Waals surface area contributed by atoms with Crippen molar-refractivity contribution < 1.29 is 62.7 Å². The molecule has 4 amide bonds. The van der Waals surface area contributed by atoms with Gasteiger partial charge in [0, 0.05) is 73.9 Å². The Hall–Kier alpha value is -7.30. The number of nitrogens with one attached hydrogen (secondary N) is 2. The molecule has 648 valence electrons. The molecular formula is C76H113N21O14S7. The van der Waals surface area contributed by atoms with Crippen molar-refractivity contribution in [2.24, 2.45) is 17.2 Å². The van der Waals surface area contributed by atoms with Crippen molar-refractivity contribution in [2.45, 2.75) is 138 Å². The van der Waals surface area contributed by atoms with Gasteiger partial charge in [0.15, 0.2) is 5.69 Å². The van der Waals surface area contributed by atoms with Crippen LogP contribution >= 0.6 is 79.4 Å². The Labute approximate surface area is 717 Å². The van der Waals surface area contributed by atoms with Crippen LogP contribution in [0, 0.1) is 6.57 Å². The fourth-order valence-electron chi connectivity index (χ4n) is 15.8. The Bertz CT molecular complexity index is 4440. The Morgan fingerprint density at radius 1 is 0.466 bits per heavy atom. The normalized spacial score (nSPS) is 25.1. The van der Waals surface area contributed by atoms with Gasteiger partial charge in [-0.05, 0) is 54.5 Å². The number of carbonyl (C=O) groups is 2. The number of hydrogen-bond acceptors (Lipinski definition) is 36. The molecule has 9 aliphatic rings. The summed E-state index contributed by atoms with van der Waals surface area (Å²) >= 11 is 10.3. The number of ether oxygens (including phenoxy) is 6. The lowest BCUT2D eigenvalue weighted by Crippen LogP contribution is -2.40. The molecule has 35 nitrogen and oxygen atoms in total. The second kappa shape index (κ2) is 42.5. The minimum Gasteiger partial charge on any atom is -0.473 e. The number of rotatable bonds is 22. The first kappa shape index (κ1) is 93.0. The van der Waals surface area contributed by atoms with Gasteiger partial charge in [-0.25, -0.2) is 46.0 Å². The molecule has 118 heavy (non-hydrogen) atoms. The van der Waals surface area contributed by atoms with Gasteiger partial charge in [-0.2, -0.15) is 20.6 Å². The molecule has 4 bridgehead atoms. The molecule has 2 saturated heterocycles. The molecule has 12 unspecified atom stereocenters. The fraction of sp³-hybridized carbons (Fsp3) is 0.605. The molecule has 14 atom stereocenters. The lowest BCUT2D eigenvalue weighted by molar-refractivity contribution is -0.118. The van der Waals surface area contributed by atoms with E-state index in [0.29, 0.717) is 102 Å². The number of likely N-dealkylation sites (N-methyl/N-ethyl adjacent to an activating group) is 5. The summed E-state index contributed by atoms with van der Waals surface area (Å²) in [5.41, 5.74) is 27.0. The molecule has 7 aromatic rings. The lowest BCUT2D eigenvalue weighted by Gasteiger charge is -2.35. The summed E-state index contributed by atoms with van der Waals surface area (Å²) in [4.78, 5) is 107. The number of nitrogens with two attached hydrogens (primary N) is 3. The largest absolute Gasteiger partial charge is 0.473 e. The number of urea groups is 2. The highest BCUT2D eigenvalue weighted by Gasteiger charge is 2.52. The summed E-state index contributed by atoms with van der Waals surface area (Å²) in [5.74, 6) is 0.957. The van der Waals surface area contributed by atoms with Gasteiger partial charge in [-0.1, -0.05) is 132 Å². The lowest BCUT2D eigenvalue weighted by atomic mass is 9.98. The number of aliphatic hydroxyl groups excluding tert-OH is 2. The summed E-state index contributed by atoms with van der Waals surface area (Å²) in [7, 11) is 19.9. The quantitative estimate of drug-likeness (QED) is 0.0143. The van der Waals surface area contributed by atoms with Crippen molar-refractivity contribution in [3.8, 4) is 31.2 Å². The summed E-state index contributed by atoms with van der Waals surface area (Å²) in [6, 6.07) is 0.205. The molecule has 0 saturated carbocycles. The zero-order valence-electron chi connectivity index (χ0n) is 69.8. The van der Waals surface area contributed by atoms with E-state index in [1.165, 1.54) is 70.1 Å². The number of fused-ring (bicyclic) bond motifs is 13. The van der Waals surface area contributed by atoms with Crippen molar-refractivity contribution >= 4 is 91.4 Å². The third kappa shape index (κ3) is 19.9. The maximum absolute atomic E-state index is 12.4. The van der Waals surface area contributed by atoms with E-state index in [1.807, 2.05) is 37.9 Å². The zero-order chi connectivity index (χ0) is 85.7. The van der Waals surface area contributed by atoms with Crippen molar-refractivity contribution in [1.82, 2.24) is 84.8 Å². The van der Waals surface area contributed by atoms with E-state index in [4.69, 9.17) is 66.7 Å². The van der Waals surface area contributed by atoms with Crippen molar-refractivity contribution in [2.75, 3.05) is 163 Å². The first-order valence-electron chi connectivity index (χ1n) is 38.8. The second-order valence-corrected chi connectivity index (χ2v) is 35.9. The van der Waals surface area contributed by atoms with Gasteiger partial charge in [0.1, 0.15) is 24.3 Å². The third-order valence-electron chi connectivity index (χ3n) is 21.3. The van der Waals surface area contributed by atoms with Gasteiger partial charge in [-0.15, -0.1) is 19.7 Å². The SMILES string of the molecule is C=CCON1C(=O)N2CC1c1sc(=O)[nH]c1[C@H]2CC.C=CCON1C(=O)N2CC1c1sc(OC)nc1[C@H]2CN.C=CCONC1CN(C)C(CC)c2nc(OC)sc21.CCC1c2nc(OC)sc2C(O)CN1C.COc1nc2c(s1)C(C)CN(C)C2CN.COc1nc2c(s1)C(O)CN(C)C2CN.[C-]#[N+]C1c2nc(OC)sc2C(C)CN1C. The van der Waals surface area contributed by atoms with E-state index in [9.17, 15) is 24.6 Å². The van der Waals surface area contributed by atoms with Crippen LogP contribution in [0.1, 0.15) is 212 Å². The molecule has 2 fully saturated rings. The molecule has 16 rings (SSSR count). The van der Waals surface area contributed by atoms with E-state index in [-0.39, 0.29) is 78.6 Å². The van der Waals surface area contributed by atoms with E-state index in [0.717, 1.165) is 103 Å². The minimum absolute atomic E-state index is 0.0602. The summed E-state index contributed by atoms with van der Waals surface area (Å²) in [6.07, 6.45) is 6.61. The standard InChI is InChI=1S/C13H21N3O2S.C12H16N4O3S.C12H15N3O3S.C10H13N3OS.C10H17N3OS.C10H16N2O2S.C9H15N3O2S/c1-5-7-18-15-9-8-16(3)10(6-2)11-12(9)19-13(14-11)17-4;1-3-4-19-16-8-6-15(12(16)17)7(5-13)9-10(8)20-11(14-9)18-2;1-3-5-18-15-8-6-14(12(15)17)7(4-2)9-10(8)19-11(16)13-9;1-6-5-13(3)9(11-2)7-8(6)15-10(12-7)14-4;1-6-5-13(2)7(4-11)8-9(6)15-10(12-8)14-3;1-4-6-8-9(7(13)5-12(6)2)15-10(11-8)14-3;1-12-4-6(13)8-7(5(12)3-10)11-9(14-2)15-8/h5,9-10,15H,1,6-8H2,2-4H3;3,7-8H,1,4-6,13H2,2H3;3,7-8H,1,4-6H2,2H3,(H,13,16);6,9H,5H2,1,3-4H3;6-7H,4-5,11H2,1-3H3;6-7,13H,4-5H2,1-3H3;5-6,13H,3-4,10H2,1-2H3/t;2*7-,8?;;;;/m.11..../s1. The minimum atomic E-state index is -0.478. The van der Waals surface area contributed by atoms with Gasteiger partial charge < -0.3 is 70.6 Å². The van der Waals surface area contributed by atoms with Crippen LogP contribution < -0.4 is 56.0 Å². The molecule has 42 heteroatoms. The monoisotopic (exact) mass is 1770 g/mol.